The molecule has 0 fully saturated rings. The lowest BCUT2D eigenvalue weighted by atomic mass is 10.0. The Morgan fingerprint density at radius 3 is 2.38 bits per heavy atom. The molecule has 0 heterocycles. The molecule has 0 radical (unpaired) electrons. The molecule has 0 aliphatic rings. The van der Waals surface area contributed by atoms with Crippen molar-refractivity contribution in [2.75, 3.05) is 0 Å². The fraction of sp³-hybridized carbons (Fsp3) is 0. The molecule has 0 spiro atoms. The molecule has 1 nitrogen and oxygen atoms in total. The van der Waals surface area contributed by atoms with Crippen molar-refractivity contribution in [3.05, 3.63) is 58.3 Å². The van der Waals surface area contributed by atoms with E-state index in [2.05, 4.69) is 15.9 Å². The Morgan fingerprint density at radius 1 is 1.12 bits per heavy atom. The van der Waals surface area contributed by atoms with Crippen LogP contribution in [0.15, 0.2) is 46.9 Å². The lowest BCUT2D eigenvalue weighted by molar-refractivity contribution is 0.630. The van der Waals surface area contributed by atoms with Crippen LogP contribution in [0.4, 0.5) is 4.39 Å². The Balaban J connectivity index is 2.64. The predicted octanol–water partition coefficient (Wildman–Crippen LogP) is 4.13. The van der Waals surface area contributed by atoms with E-state index < -0.39 is 5.82 Å². The van der Waals surface area contributed by atoms with Crippen molar-refractivity contribution in [3.8, 4) is 17.2 Å². The summed E-state index contributed by atoms with van der Waals surface area (Å²) in [5.74, 6) is -0.392. The third-order valence-corrected chi connectivity index (χ3v) is 2.86. The van der Waals surface area contributed by atoms with Gasteiger partial charge in [0, 0.05) is 10.0 Å². The summed E-state index contributed by atoms with van der Waals surface area (Å²) in [5, 5.41) is 8.71. The van der Waals surface area contributed by atoms with Crippen molar-refractivity contribution in [2.45, 2.75) is 0 Å². The second-order valence-corrected chi connectivity index (χ2v) is 4.15. The summed E-state index contributed by atoms with van der Waals surface area (Å²) < 4.78 is 14.4. The van der Waals surface area contributed by atoms with Crippen molar-refractivity contribution in [1.29, 1.82) is 5.26 Å². The van der Waals surface area contributed by atoms with Gasteiger partial charge >= 0.3 is 0 Å². The minimum Gasteiger partial charge on any atom is -0.206 e. The van der Waals surface area contributed by atoms with Crippen LogP contribution in [0.2, 0.25) is 0 Å². The molecule has 0 atom stereocenters. The first kappa shape index (κ1) is 10.8. The summed E-state index contributed by atoms with van der Waals surface area (Å²) in [6.07, 6.45) is 0. The highest BCUT2D eigenvalue weighted by molar-refractivity contribution is 9.10. The Morgan fingerprint density at radius 2 is 1.81 bits per heavy atom. The molecular weight excluding hydrogens is 269 g/mol. The zero-order valence-corrected chi connectivity index (χ0v) is 9.83. The van der Waals surface area contributed by atoms with E-state index in [4.69, 9.17) is 5.26 Å². The van der Waals surface area contributed by atoms with E-state index in [0.717, 1.165) is 5.56 Å². The molecule has 0 aliphatic carbocycles. The highest BCUT2D eigenvalue weighted by Gasteiger charge is 2.10. The van der Waals surface area contributed by atoms with E-state index in [-0.39, 0.29) is 0 Å². The predicted molar refractivity (Wildman–Crippen MR) is 64.3 cm³/mol. The summed E-state index contributed by atoms with van der Waals surface area (Å²) in [4.78, 5) is 0. The number of benzene rings is 2. The molecule has 0 unspecified atom stereocenters. The lowest BCUT2D eigenvalue weighted by Crippen LogP contribution is -1.88. The Hall–Kier alpha value is -1.66. The summed E-state index contributed by atoms with van der Waals surface area (Å²) >= 11 is 3.28. The molecule has 0 aromatic heterocycles. The topological polar surface area (TPSA) is 23.8 Å². The van der Waals surface area contributed by atoms with Crippen molar-refractivity contribution in [1.82, 2.24) is 0 Å². The highest BCUT2D eigenvalue weighted by Crippen LogP contribution is 2.31. The van der Waals surface area contributed by atoms with Crippen LogP contribution in [0.1, 0.15) is 5.56 Å². The molecule has 2 aromatic rings. The van der Waals surface area contributed by atoms with E-state index >= 15 is 0 Å². The molecule has 0 saturated heterocycles. The number of rotatable bonds is 1. The average molecular weight is 276 g/mol. The third-order valence-electron chi connectivity index (χ3n) is 2.23. The zero-order chi connectivity index (χ0) is 11.5. The van der Waals surface area contributed by atoms with E-state index in [1.54, 1.807) is 6.07 Å². The van der Waals surface area contributed by atoms with Gasteiger partial charge in [0.15, 0.2) is 0 Å². The fourth-order valence-corrected chi connectivity index (χ4v) is 2.18. The molecule has 2 aromatic carbocycles. The van der Waals surface area contributed by atoms with Crippen LogP contribution in [-0.2, 0) is 0 Å². The number of hydrogen-bond acceptors (Lipinski definition) is 1. The molecule has 16 heavy (non-hydrogen) atoms. The molecule has 2 rings (SSSR count). The number of halogens is 2. The molecule has 0 bridgehead atoms. The minimum absolute atomic E-state index is 0.309. The Bertz CT molecular complexity index is 535. The summed E-state index contributed by atoms with van der Waals surface area (Å²) in [5.41, 5.74) is 1.58. The van der Waals surface area contributed by atoms with Crippen LogP contribution in [-0.4, -0.2) is 0 Å². The molecule has 3 heteroatoms. The van der Waals surface area contributed by atoms with Gasteiger partial charge in [-0.2, -0.15) is 5.26 Å². The van der Waals surface area contributed by atoms with Gasteiger partial charge in [0.2, 0.25) is 0 Å². The van der Waals surface area contributed by atoms with E-state index in [1.807, 2.05) is 36.4 Å². The second-order valence-electron chi connectivity index (χ2n) is 3.29. The standard InChI is InChI=1S/C13H7BrFN/c14-11-6-9(8-16)7-12(15)13(11)10-4-2-1-3-5-10/h1-7H. The third kappa shape index (κ3) is 1.98. The normalized spacial score (nSPS) is 9.81. The first-order valence-electron chi connectivity index (χ1n) is 4.67. The minimum atomic E-state index is -0.392. The van der Waals surface area contributed by atoms with Gasteiger partial charge in [-0.3, -0.25) is 0 Å². The Labute approximate surface area is 101 Å². The zero-order valence-electron chi connectivity index (χ0n) is 8.24. The van der Waals surface area contributed by atoms with Crippen LogP contribution >= 0.6 is 15.9 Å². The van der Waals surface area contributed by atoms with Gasteiger partial charge in [-0.25, -0.2) is 4.39 Å². The van der Waals surface area contributed by atoms with Crippen molar-refractivity contribution >= 4 is 15.9 Å². The molecule has 0 saturated carbocycles. The molecule has 78 valence electrons. The first-order valence-corrected chi connectivity index (χ1v) is 5.46. The second kappa shape index (κ2) is 4.46. The van der Waals surface area contributed by atoms with Gasteiger partial charge in [0.25, 0.3) is 0 Å². The lowest BCUT2D eigenvalue weighted by Gasteiger charge is -2.06. The SMILES string of the molecule is N#Cc1cc(F)c(-c2ccccc2)c(Br)c1. The molecule has 0 aliphatic heterocycles. The van der Waals surface area contributed by atoms with E-state index in [1.165, 1.54) is 6.07 Å². The van der Waals surface area contributed by atoms with E-state index in [9.17, 15) is 4.39 Å². The molecular formula is C13H7BrFN. The summed E-state index contributed by atoms with van der Waals surface area (Å²) in [6, 6.07) is 14.0. The molecule has 0 amide bonds. The Kier molecular flexibility index (Phi) is 3.02. The quantitative estimate of drug-likeness (QED) is 0.768. The van der Waals surface area contributed by atoms with Crippen molar-refractivity contribution in [2.24, 2.45) is 0 Å². The van der Waals surface area contributed by atoms with Crippen molar-refractivity contribution in [3.63, 3.8) is 0 Å². The summed E-state index contributed by atoms with van der Waals surface area (Å²) in [7, 11) is 0. The van der Waals surface area contributed by atoms with Crippen LogP contribution < -0.4 is 0 Å². The van der Waals surface area contributed by atoms with Gasteiger partial charge in [-0.15, -0.1) is 0 Å². The first-order chi connectivity index (χ1) is 7.72. The monoisotopic (exact) mass is 275 g/mol. The van der Waals surface area contributed by atoms with Gasteiger partial charge < -0.3 is 0 Å². The summed E-state index contributed by atoms with van der Waals surface area (Å²) in [6.45, 7) is 0. The maximum Gasteiger partial charge on any atom is 0.133 e. The smallest absolute Gasteiger partial charge is 0.133 e. The largest absolute Gasteiger partial charge is 0.206 e. The van der Waals surface area contributed by atoms with Crippen LogP contribution in [0.3, 0.4) is 0 Å². The molecule has 0 N–H and O–H groups in total. The van der Waals surface area contributed by atoms with Gasteiger partial charge in [-0.1, -0.05) is 46.3 Å². The van der Waals surface area contributed by atoms with Gasteiger partial charge in [0.05, 0.1) is 11.6 Å². The number of nitrogens with zero attached hydrogens (tertiary/aromatic N) is 1. The van der Waals surface area contributed by atoms with Crippen LogP contribution in [0.25, 0.3) is 11.1 Å². The average Bonchev–Trinajstić information content (AvgIpc) is 2.29. The van der Waals surface area contributed by atoms with Crippen LogP contribution in [0.5, 0.6) is 0 Å². The number of nitriles is 1. The maximum atomic E-state index is 13.8. The maximum absolute atomic E-state index is 13.8. The highest BCUT2D eigenvalue weighted by atomic mass is 79.9. The van der Waals surface area contributed by atoms with Gasteiger partial charge in [0.1, 0.15) is 5.82 Å². The fourth-order valence-electron chi connectivity index (χ4n) is 1.52. The van der Waals surface area contributed by atoms with Gasteiger partial charge in [-0.05, 0) is 17.7 Å². The van der Waals surface area contributed by atoms with Crippen LogP contribution in [0, 0.1) is 17.1 Å². The van der Waals surface area contributed by atoms with E-state index in [0.29, 0.717) is 15.6 Å². The number of hydrogen-bond donors (Lipinski definition) is 0. The van der Waals surface area contributed by atoms with Crippen molar-refractivity contribution < 1.29 is 4.39 Å².